The van der Waals surface area contributed by atoms with E-state index in [-0.39, 0.29) is 5.12 Å². The zero-order valence-electron chi connectivity index (χ0n) is 8.97. The van der Waals surface area contributed by atoms with E-state index in [1.807, 2.05) is 6.08 Å². The van der Waals surface area contributed by atoms with Gasteiger partial charge in [0, 0.05) is 17.4 Å². The lowest BCUT2D eigenvalue weighted by molar-refractivity contribution is -0.109. The number of benzene rings is 1. The van der Waals surface area contributed by atoms with Gasteiger partial charge in [-0.05, 0) is 22.4 Å². The SMILES string of the molecule is CC(=O)SCC=Cc1cccc2ccsc12. The Morgan fingerprint density at radius 1 is 1.44 bits per heavy atom. The Morgan fingerprint density at radius 2 is 2.31 bits per heavy atom. The number of hydrogen-bond donors (Lipinski definition) is 0. The van der Waals surface area contributed by atoms with Crippen molar-refractivity contribution in [3.63, 3.8) is 0 Å². The molecule has 82 valence electrons. The van der Waals surface area contributed by atoms with Gasteiger partial charge in [-0.1, -0.05) is 42.1 Å². The van der Waals surface area contributed by atoms with E-state index in [1.165, 1.54) is 27.4 Å². The predicted octanol–water partition coefficient (Wildman–Crippen LogP) is 4.19. The van der Waals surface area contributed by atoms with Crippen molar-refractivity contribution < 1.29 is 4.79 Å². The molecular weight excluding hydrogens is 236 g/mol. The molecule has 2 rings (SSSR count). The molecule has 0 amide bonds. The molecule has 0 aliphatic rings. The van der Waals surface area contributed by atoms with Crippen LogP contribution in [0, 0.1) is 0 Å². The number of carbonyl (C=O) groups is 1. The number of thioether (sulfide) groups is 1. The van der Waals surface area contributed by atoms with E-state index in [4.69, 9.17) is 0 Å². The van der Waals surface area contributed by atoms with Gasteiger partial charge in [0.25, 0.3) is 0 Å². The largest absolute Gasteiger partial charge is 0.288 e. The lowest BCUT2D eigenvalue weighted by Crippen LogP contribution is -1.81. The summed E-state index contributed by atoms with van der Waals surface area (Å²) in [6, 6.07) is 8.41. The molecule has 0 aliphatic carbocycles. The Bertz CT molecular complexity index is 525. The standard InChI is InChI=1S/C13H12OS2/c1-10(14)15-8-3-6-11-4-2-5-12-7-9-16-13(11)12/h2-7,9H,8H2,1H3. The molecule has 16 heavy (non-hydrogen) atoms. The van der Waals surface area contributed by atoms with Crippen LogP contribution in [0.1, 0.15) is 12.5 Å². The molecule has 1 nitrogen and oxygen atoms in total. The molecule has 0 N–H and O–H groups in total. The van der Waals surface area contributed by atoms with E-state index in [0.29, 0.717) is 0 Å². The molecule has 0 radical (unpaired) electrons. The minimum absolute atomic E-state index is 0.166. The van der Waals surface area contributed by atoms with Crippen LogP contribution in [0.25, 0.3) is 16.2 Å². The van der Waals surface area contributed by atoms with Crippen LogP contribution in [0.5, 0.6) is 0 Å². The van der Waals surface area contributed by atoms with E-state index in [1.54, 1.807) is 18.3 Å². The Balaban J connectivity index is 2.14. The first-order valence-electron chi connectivity index (χ1n) is 5.03. The molecule has 0 atom stereocenters. The van der Waals surface area contributed by atoms with Crippen LogP contribution < -0.4 is 0 Å². The molecule has 0 fully saturated rings. The first kappa shape index (κ1) is 11.4. The van der Waals surface area contributed by atoms with Crippen molar-refractivity contribution in [3.05, 3.63) is 41.3 Å². The molecule has 2 aromatic rings. The highest BCUT2D eigenvalue weighted by Gasteiger charge is 1.98. The third-order valence-electron chi connectivity index (χ3n) is 2.19. The fourth-order valence-corrected chi connectivity index (χ4v) is 2.81. The van der Waals surface area contributed by atoms with Crippen molar-refractivity contribution in [2.75, 3.05) is 5.75 Å². The van der Waals surface area contributed by atoms with E-state index in [9.17, 15) is 4.79 Å². The van der Waals surface area contributed by atoms with Gasteiger partial charge < -0.3 is 0 Å². The first-order valence-corrected chi connectivity index (χ1v) is 6.90. The van der Waals surface area contributed by atoms with Crippen molar-refractivity contribution in [3.8, 4) is 0 Å². The monoisotopic (exact) mass is 248 g/mol. The first-order chi connectivity index (χ1) is 7.77. The summed E-state index contributed by atoms with van der Waals surface area (Å²) in [5, 5.41) is 3.55. The van der Waals surface area contributed by atoms with Gasteiger partial charge in [0.2, 0.25) is 0 Å². The summed E-state index contributed by atoms with van der Waals surface area (Å²) in [6.07, 6.45) is 4.13. The molecule has 0 spiro atoms. The third kappa shape index (κ3) is 2.74. The summed E-state index contributed by atoms with van der Waals surface area (Å²) in [7, 11) is 0. The summed E-state index contributed by atoms with van der Waals surface area (Å²) < 4.78 is 1.31. The number of hydrogen-bond acceptors (Lipinski definition) is 3. The number of thiophene rings is 1. The normalized spacial score (nSPS) is 11.3. The van der Waals surface area contributed by atoms with Gasteiger partial charge in [-0.2, -0.15) is 0 Å². The summed E-state index contributed by atoms with van der Waals surface area (Å²) in [5.41, 5.74) is 1.23. The molecular formula is C13H12OS2. The van der Waals surface area contributed by atoms with Crippen LogP contribution in [0.2, 0.25) is 0 Å². The van der Waals surface area contributed by atoms with Crippen molar-refractivity contribution in [2.24, 2.45) is 0 Å². The van der Waals surface area contributed by atoms with Crippen molar-refractivity contribution in [1.82, 2.24) is 0 Å². The summed E-state index contributed by atoms with van der Waals surface area (Å²) >= 11 is 3.09. The molecule has 3 heteroatoms. The Kier molecular flexibility index (Phi) is 3.80. The minimum Gasteiger partial charge on any atom is -0.288 e. The van der Waals surface area contributed by atoms with Crippen LogP contribution in [-0.2, 0) is 4.79 Å². The zero-order chi connectivity index (χ0) is 11.4. The van der Waals surface area contributed by atoms with Gasteiger partial charge in [-0.25, -0.2) is 0 Å². The maximum atomic E-state index is 10.8. The lowest BCUT2D eigenvalue weighted by atomic mass is 10.1. The Labute approximate surface area is 103 Å². The number of rotatable bonds is 3. The molecule has 0 aliphatic heterocycles. The van der Waals surface area contributed by atoms with Crippen LogP contribution in [0.4, 0.5) is 0 Å². The highest BCUT2D eigenvalue weighted by molar-refractivity contribution is 8.13. The van der Waals surface area contributed by atoms with Gasteiger partial charge in [0.05, 0.1) is 0 Å². The van der Waals surface area contributed by atoms with Crippen molar-refractivity contribution in [2.45, 2.75) is 6.92 Å². The lowest BCUT2D eigenvalue weighted by Gasteiger charge is -1.95. The average molecular weight is 248 g/mol. The predicted molar refractivity (Wildman–Crippen MR) is 74.0 cm³/mol. The summed E-state index contributed by atoms with van der Waals surface area (Å²) in [5.74, 6) is 0.747. The Morgan fingerprint density at radius 3 is 3.12 bits per heavy atom. The molecule has 1 heterocycles. The van der Waals surface area contributed by atoms with E-state index >= 15 is 0 Å². The van der Waals surface area contributed by atoms with Crippen molar-refractivity contribution >= 4 is 44.4 Å². The van der Waals surface area contributed by atoms with Crippen LogP contribution in [0.3, 0.4) is 0 Å². The molecule has 0 saturated carbocycles. The van der Waals surface area contributed by atoms with Gasteiger partial charge in [-0.3, -0.25) is 4.79 Å². The maximum Gasteiger partial charge on any atom is 0.186 e. The van der Waals surface area contributed by atoms with Gasteiger partial charge in [-0.15, -0.1) is 11.3 Å². The number of carbonyl (C=O) groups excluding carboxylic acids is 1. The van der Waals surface area contributed by atoms with E-state index < -0.39 is 0 Å². The topological polar surface area (TPSA) is 17.1 Å². The maximum absolute atomic E-state index is 10.8. The second-order valence-electron chi connectivity index (χ2n) is 3.39. The van der Waals surface area contributed by atoms with Crippen LogP contribution >= 0.6 is 23.1 Å². The van der Waals surface area contributed by atoms with Gasteiger partial charge >= 0.3 is 0 Å². The summed E-state index contributed by atoms with van der Waals surface area (Å²) in [6.45, 7) is 1.60. The third-order valence-corrected chi connectivity index (χ3v) is 3.93. The molecule has 1 aromatic carbocycles. The fourth-order valence-electron chi connectivity index (χ4n) is 1.49. The van der Waals surface area contributed by atoms with Crippen LogP contribution in [-0.4, -0.2) is 10.9 Å². The molecule has 1 aromatic heterocycles. The highest BCUT2D eigenvalue weighted by atomic mass is 32.2. The highest BCUT2D eigenvalue weighted by Crippen LogP contribution is 2.25. The van der Waals surface area contributed by atoms with Crippen molar-refractivity contribution in [1.29, 1.82) is 0 Å². The smallest absolute Gasteiger partial charge is 0.186 e. The van der Waals surface area contributed by atoms with E-state index in [2.05, 4.69) is 35.7 Å². The average Bonchev–Trinajstić information content (AvgIpc) is 2.72. The van der Waals surface area contributed by atoms with Gasteiger partial charge in [0.15, 0.2) is 5.12 Å². The second kappa shape index (κ2) is 5.32. The second-order valence-corrected chi connectivity index (χ2v) is 5.50. The Hall–Kier alpha value is -1.06. The molecule has 0 bridgehead atoms. The quantitative estimate of drug-likeness (QED) is 0.810. The molecule has 0 unspecified atom stereocenters. The fraction of sp³-hybridized carbons (Fsp3) is 0.154. The van der Waals surface area contributed by atoms with Crippen LogP contribution in [0.15, 0.2) is 35.7 Å². The number of fused-ring (bicyclic) bond motifs is 1. The summed E-state index contributed by atoms with van der Waals surface area (Å²) in [4.78, 5) is 10.8. The minimum atomic E-state index is 0.166. The molecule has 0 saturated heterocycles. The van der Waals surface area contributed by atoms with E-state index in [0.717, 1.165) is 5.75 Å². The van der Waals surface area contributed by atoms with Gasteiger partial charge in [0.1, 0.15) is 0 Å². The zero-order valence-corrected chi connectivity index (χ0v) is 10.6.